The Kier molecular flexibility index (Phi) is 3.00. The lowest BCUT2D eigenvalue weighted by atomic mass is 9.49. The third-order valence-electron chi connectivity index (χ3n) is 6.54. The fourth-order valence-electron chi connectivity index (χ4n) is 5.96. The van der Waals surface area contributed by atoms with Crippen molar-refractivity contribution in [2.45, 2.75) is 43.9 Å². The Labute approximate surface area is 144 Å². The first-order chi connectivity index (χ1) is 11.5. The van der Waals surface area contributed by atoms with E-state index in [2.05, 4.69) is 0 Å². The van der Waals surface area contributed by atoms with Gasteiger partial charge in [0.25, 0.3) is 0 Å². The van der Waals surface area contributed by atoms with E-state index in [1.54, 1.807) is 17.4 Å². The number of aromatic carboxylic acids is 1. The van der Waals surface area contributed by atoms with Crippen molar-refractivity contribution in [2.24, 2.45) is 17.8 Å². The normalized spacial score (nSPS) is 33.9. The Balaban J connectivity index is 1.64. The number of carboxylic acid groups (broad SMARTS) is 1. The quantitative estimate of drug-likeness (QED) is 0.880. The van der Waals surface area contributed by atoms with Crippen molar-refractivity contribution >= 4 is 27.4 Å². The van der Waals surface area contributed by atoms with E-state index in [1.807, 2.05) is 12.1 Å². The monoisotopic (exact) mass is 340 g/mol. The number of hydrogen-bond donors (Lipinski definition) is 1. The first-order valence-corrected chi connectivity index (χ1v) is 9.66. The Bertz CT molecular complexity index is 875. The fraction of sp³-hybridized carbons (Fsp3) is 0.500. The summed E-state index contributed by atoms with van der Waals surface area (Å²) >= 11 is 1.72. The second-order valence-electron chi connectivity index (χ2n) is 8.19. The molecule has 124 valence electrons. The molecule has 3 nitrogen and oxygen atoms in total. The number of carbonyl (C=O) groups is 1. The van der Waals surface area contributed by atoms with Crippen LogP contribution in [0.5, 0.6) is 0 Å². The second-order valence-corrected chi connectivity index (χ2v) is 9.27. The summed E-state index contributed by atoms with van der Waals surface area (Å²) in [4.78, 5) is 25.1. The number of carboxylic acids is 1. The zero-order valence-electron chi connectivity index (χ0n) is 13.5. The average molecular weight is 340 g/mol. The van der Waals surface area contributed by atoms with Crippen LogP contribution in [0.1, 0.15) is 53.8 Å². The minimum absolute atomic E-state index is 0.0161. The van der Waals surface area contributed by atoms with Crippen LogP contribution in [0.2, 0.25) is 0 Å². The summed E-state index contributed by atoms with van der Waals surface area (Å²) in [5, 5.41) is 9.69. The Morgan fingerprint density at radius 1 is 1.04 bits per heavy atom. The first-order valence-electron chi connectivity index (χ1n) is 8.84. The maximum absolute atomic E-state index is 12.7. The third kappa shape index (κ3) is 2.08. The second kappa shape index (κ2) is 4.92. The molecule has 2 aromatic rings. The molecule has 0 radical (unpaired) electrons. The summed E-state index contributed by atoms with van der Waals surface area (Å²) in [6.45, 7) is 0. The maximum Gasteiger partial charge on any atom is 0.335 e. The van der Waals surface area contributed by atoms with Crippen molar-refractivity contribution in [2.75, 3.05) is 0 Å². The third-order valence-corrected chi connectivity index (χ3v) is 7.88. The molecule has 4 aliphatic rings. The molecule has 4 bridgehead atoms. The lowest BCUT2D eigenvalue weighted by Gasteiger charge is -2.56. The van der Waals surface area contributed by atoms with Gasteiger partial charge in [-0.2, -0.15) is 0 Å². The van der Waals surface area contributed by atoms with E-state index in [0.29, 0.717) is 5.39 Å². The SMILES string of the molecule is O=C(O)c1ccc2sc(C34CC5CC(CC(C5)C3)C4)cc(=O)c2c1. The van der Waals surface area contributed by atoms with Gasteiger partial charge in [0.05, 0.1) is 5.56 Å². The van der Waals surface area contributed by atoms with Crippen molar-refractivity contribution in [3.8, 4) is 0 Å². The summed E-state index contributed by atoms with van der Waals surface area (Å²) in [6.07, 6.45) is 7.91. The van der Waals surface area contributed by atoms with E-state index in [9.17, 15) is 9.59 Å². The number of rotatable bonds is 2. The molecule has 4 heteroatoms. The molecule has 24 heavy (non-hydrogen) atoms. The van der Waals surface area contributed by atoms with E-state index in [0.717, 1.165) is 22.5 Å². The van der Waals surface area contributed by atoms with Gasteiger partial charge in [0.1, 0.15) is 0 Å². The van der Waals surface area contributed by atoms with Gasteiger partial charge in [0, 0.05) is 20.4 Å². The fourth-order valence-corrected chi connectivity index (χ4v) is 7.24. The van der Waals surface area contributed by atoms with Gasteiger partial charge in [-0.1, -0.05) is 0 Å². The van der Waals surface area contributed by atoms with E-state index in [4.69, 9.17) is 5.11 Å². The number of fused-ring (bicyclic) bond motifs is 1. The highest BCUT2D eigenvalue weighted by molar-refractivity contribution is 7.18. The Morgan fingerprint density at radius 2 is 1.67 bits per heavy atom. The van der Waals surface area contributed by atoms with E-state index in [-0.39, 0.29) is 16.4 Å². The van der Waals surface area contributed by atoms with Crippen molar-refractivity contribution in [1.82, 2.24) is 0 Å². The molecule has 0 amide bonds. The molecule has 4 fully saturated rings. The van der Waals surface area contributed by atoms with Crippen LogP contribution in [0.25, 0.3) is 10.1 Å². The van der Waals surface area contributed by atoms with Crippen LogP contribution in [-0.4, -0.2) is 11.1 Å². The lowest BCUT2D eigenvalue weighted by Crippen LogP contribution is -2.48. The highest BCUT2D eigenvalue weighted by atomic mass is 32.1. The van der Waals surface area contributed by atoms with Gasteiger partial charge in [-0.05, 0) is 80.5 Å². The molecule has 0 spiro atoms. The van der Waals surface area contributed by atoms with Crippen LogP contribution in [0.4, 0.5) is 0 Å². The Hall–Kier alpha value is -1.68. The molecule has 0 unspecified atom stereocenters. The van der Waals surface area contributed by atoms with Crippen LogP contribution >= 0.6 is 11.3 Å². The van der Waals surface area contributed by atoms with E-state index in [1.165, 1.54) is 49.5 Å². The summed E-state index contributed by atoms with van der Waals surface area (Å²) in [5.74, 6) is 1.57. The molecular formula is C20H20O3S. The first kappa shape index (κ1) is 14.6. The molecule has 0 saturated heterocycles. The van der Waals surface area contributed by atoms with Gasteiger partial charge in [0.15, 0.2) is 5.43 Å². The zero-order chi connectivity index (χ0) is 16.5. The predicted octanol–water partition coefficient (Wildman–Crippen LogP) is 4.43. The summed E-state index contributed by atoms with van der Waals surface area (Å²) in [6, 6.07) is 6.78. The number of hydrogen-bond acceptors (Lipinski definition) is 3. The van der Waals surface area contributed by atoms with E-state index < -0.39 is 5.97 Å². The van der Waals surface area contributed by atoms with Crippen LogP contribution in [0, 0.1) is 17.8 Å². The molecule has 4 saturated carbocycles. The molecular weight excluding hydrogens is 320 g/mol. The number of benzene rings is 1. The van der Waals surface area contributed by atoms with Crippen molar-refractivity contribution < 1.29 is 9.90 Å². The molecule has 1 aromatic carbocycles. The van der Waals surface area contributed by atoms with Crippen molar-refractivity contribution in [1.29, 1.82) is 0 Å². The van der Waals surface area contributed by atoms with Gasteiger partial charge in [-0.25, -0.2) is 4.79 Å². The highest BCUT2D eigenvalue weighted by Gasteiger charge is 2.52. The average Bonchev–Trinajstić information content (AvgIpc) is 2.53. The Morgan fingerprint density at radius 3 is 2.25 bits per heavy atom. The maximum atomic E-state index is 12.7. The van der Waals surface area contributed by atoms with Gasteiger partial charge in [-0.15, -0.1) is 11.3 Å². The van der Waals surface area contributed by atoms with Gasteiger partial charge in [0.2, 0.25) is 0 Å². The minimum Gasteiger partial charge on any atom is -0.478 e. The van der Waals surface area contributed by atoms with E-state index >= 15 is 0 Å². The minimum atomic E-state index is -0.980. The molecule has 1 N–H and O–H groups in total. The molecule has 6 rings (SSSR count). The summed E-state index contributed by atoms with van der Waals surface area (Å²) in [7, 11) is 0. The molecule has 1 heterocycles. The molecule has 4 aliphatic carbocycles. The molecule has 0 aliphatic heterocycles. The lowest BCUT2D eigenvalue weighted by molar-refractivity contribution is -0.00354. The highest BCUT2D eigenvalue weighted by Crippen LogP contribution is 2.61. The van der Waals surface area contributed by atoms with Gasteiger partial charge < -0.3 is 5.11 Å². The van der Waals surface area contributed by atoms with Crippen LogP contribution in [0.15, 0.2) is 29.1 Å². The molecule has 1 aromatic heterocycles. The molecule has 0 atom stereocenters. The van der Waals surface area contributed by atoms with Crippen LogP contribution in [-0.2, 0) is 5.41 Å². The zero-order valence-corrected chi connectivity index (χ0v) is 14.3. The van der Waals surface area contributed by atoms with Crippen LogP contribution in [0.3, 0.4) is 0 Å². The van der Waals surface area contributed by atoms with Crippen molar-refractivity contribution in [3.63, 3.8) is 0 Å². The largest absolute Gasteiger partial charge is 0.478 e. The van der Waals surface area contributed by atoms with Gasteiger partial charge in [-0.3, -0.25) is 4.79 Å². The van der Waals surface area contributed by atoms with Gasteiger partial charge >= 0.3 is 5.97 Å². The smallest absolute Gasteiger partial charge is 0.335 e. The standard InChI is InChI=1S/C20H20O3S/c21-16-7-18(24-17-2-1-14(19(22)23)6-15(16)17)20-8-11-3-12(9-20)5-13(4-11)10-20/h1-2,6-7,11-13H,3-5,8-10H2,(H,22,23). The topological polar surface area (TPSA) is 54.4 Å². The van der Waals surface area contributed by atoms with Crippen LogP contribution < -0.4 is 5.43 Å². The predicted molar refractivity (Wildman–Crippen MR) is 94.9 cm³/mol. The summed E-state index contributed by atoms with van der Waals surface area (Å²) in [5.41, 5.74) is 0.394. The van der Waals surface area contributed by atoms with Crippen molar-refractivity contribution in [3.05, 3.63) is 44.9 Å². The summed E-state index contributed by atoms with van der Waals surface area (Å²) < 4.78 is 0.929.